The number of methoxy groups -OCH3 is 1. The predicted molar refractivity (Wildman–Crippen MR) is 81.6 cm³/mol. The van der Waals surface area contributed by atoms with Crippen molar-refractivity contribution >= 4 is 34.2 Å². The van der Waals surface area contributed by atoms with E-state index in [0.29, 0.717) is 21.9 Å². The first-order valence-electron chi connectivity index (χ1n) is 6.46. The van der Waals surface area contributed by atoms with E-state index in [1.54, 1.807) is 29.8 Å². The Labute approximate surface area is 119 Å². The first-order valence-corrected chi connectivity index (χ1v) is 6.46. The van der Waals surface area contributed by atoms with Gasteiger partial charge in [-0.15, -0.1) is 0 Å². The third-order valence-electron chi connectivity index (χ3n) is 3.68. The molecule has 0 fully saturated rings. The molecule has 102 valence electrons. The highest BCUT2D eigenvalue weighted by molar-refractivity contribution is 5.90. The highest BCUT2D eigenvalue weighted by Crippen LogP contribution is 2.19. The SMILES string of the molecule is C=c1c2cc(OC)ccc2n2c(=O)c3cccnc3nc12. The highest BCUT2D eigenvalue weighted by atomic mass is 16.5. The molecule has 0 amide bonds. The van der Waals surface area contributed by atoms with Crippen molar-refractivity contribution in [3.8, 4) is 5.75 Å². The van der Waals surface area contributed by atoms with E-state index in [1.165, 1.54) is 0 Å². The van der Waals surface area contributed by atoms with E-state index in [1.807, 2.05) is 18.2 Å². The molecule has 3 heterocycles. The Hall–Kier alpha value is -2.95. The van der Waals surface area contributed by atoms with Gasteiger partial charge in [-0.1, -0.05) is 6.58 Å². The molecular weight excluding hydrogens is 266 g/mol. The average Bonchev–Trinajstić information content (AvgIpc) is 2.80. The maximum atomic E-state index is 12.7. The number of hydrogen-bond acceptors (Lipinski definition) is 4. The lowest BCUT2D eigenvalue weighted by atomic mass is 10.2. The first-order chi connectivity index (χ1) is 10.2. The maximum absolute atomic E-state index is 12.7. The van der Waals surface area contributed by atoms with Gasteiger partial charge in [0.05, 0.1) is 18.0 Å². The van der Waals surface area contributed by atoms with Crippen molar-refractivity contribution in [2.75, 3.05) is 7.11 Å². The van der Waals surface area contributed by atoms with Gasteiger partial charge in [0.1, 0.15) is 11.4 Å². The largest absolute Gasteiger partial charge is 0.497 e. The van der Waals surface area contributed by atoms with E-state index in [9.17, 15) is 4.79 Å². The average molecular weight is 277 g/mol. The molecule has 0 unspecified atom stereocenters. The fourth-order valence-electron chi connectivity index (χ4n) is 2.65. The van der Waals surface area contributed by atoms with Crippen LogP contribution in [0.1, 0.15) is 0 Å². The van der Waals surface area contributed by atoms with Gasteiger partial charge < -0.3 is 4.74 Å². The Morgan fingerprint density at radius 1 is 1.24 bits per heavy atom. The van der Waals surface area contributed by atoms with Crippen molar-refractivity contribution in [2.24, 2.45) is 0 Å². The molecule has 0 saturated carbocycles. The number of rotatable bonds is 1. The molecule has 21 heavy (non-hydrogen) atoms. The molecule has 0 atom stereocenters. The Morgan fingerprint density at radius 3 is 2.90 bits per heavy atom. The van der Waals surface area contributed by atoms with Gasteiger partial charge in [0.25, 0.3) is 5.56 Å². The second kappa shape index (κ2) is 4.02. The minimum absolute atomic E-state index is 0.131. The Kier molecular flexibility index (Phi) is 2.27. The molecule has 0 saturated heterocycles. The summed E-state index contributed by atoms with van der Waals surface area (Å²) in [5, 5.41) is 2.06. The summed E-state index contributed by atoms with van der Waals surface area (Å²) in [7, 11) is 1.61. The van der Waals surface area contributed by atoms with E-state index in [2.05, 4.69) is 16.5 Å². The summed E-state index contributed by atoms with van der Waals surface area (Å²) in [6.07, 6.45) is 1.62. The van der Waals surface area contributed by atoms with Crippen LogP contribution >= 0.6 is 0 Å². The number of fused-ring (bicyclic) bond motifs is 4. The molecule has 0 radical (unpaired) electrons. The van der Waals surface area contributed by atoms with Gasteiger partial charge in [0.2, 0.25) is 0 Å². The van der Waals surface area contributed by atoms with Crippen molar-refractivity contribution in [3.05, 3.63) is 52.1 Å². The number of aromatic nitrogens is 3. The van der Waals surface area contributed by atoms with Gasteiger partial charge in [-0.25, -0.2) is 9.97 Å². The van der Waals surface area contributed by atoms with Gasteiger partial charge >= 0.3 is 0 Å². The minimum atomic E-state index is -0.131. The minimum Gasteiger partial charge on any atom is -0.497 e. The number of ether oxygens (including phenoxy) is 1. The molecule has 4 aromatic rings. The van der Waals surface area contributed by atoms with Crippen LogP contribution in [0.5, 0.6) is 5.75 Å². The fraction of sp³-hybridized carbons (Fsp3) is 0.0625. The zero-order valence-electron chi connectivity index (χ0n) is 11.3. The molecule has 0 aliphatic carbocycles. The van der Waals surface area contributed by atoms with E-state index in [-0.39, 0.29) is 5.56 Å². The van der Waals surface area contributed by atoms with Crippen LogP contribution < -0.4 is 15.5 Å². The maximum Gasteiger partial charge on any atom is 0.267 e. The summed E-state index contributed by atoms with van der Waals surface area (Å²) in [5.74, 6) is 0.721. The number of hydrogen-bond donors (Lipinski definition) is 0. The van der Waals surface area contributed by atoms with Crippen molar-refractivity contribution in [1.29, 1.82) is 0 Å². The quantitative estimate of drug-likeness (QED) is 0.529. The zero-order valence-corrected chi connectivity index (χ0v) is 11.3. The summed E-state index contributed by atoms with van der Waals surface area (Å²) in [5.41, 5.74) is 1.62. The Balaban J connectivity index is 2.33. The predicted octanol–water partition coefficient (Wildman–Crippen LogP) is 1.53. The lowest BCUT2D eigenvalue weighted by Gasteiger charge is -2.00. The fourth-order valence-corrected chi connectivity index (χ4v) is 2.65. The second-order valence-corrected chi connectivity index (χ2v) is 4.81. The molecule has 0 aliphatic heterocycles. The molecular formula is C16H11N3O2. The van der Waals surface area contributed by atoms with Crippen LogP contribution in [0, 0.1) is 0 Å². The molecule has 0 bridgehead atoms. The van der Waals surface area contributed by atoms with Crippen LogP contribution in [0.4, 0.5) is 0 Å². The van der Waals surface area contributed by atoms with Crippen LogP contribution in [0.2, 0.25) is 0 Å². The van der Waals surface area contributed by atoms with Crippen LogP contribution in [0.15, 0.2) is 41.3 Å². The summed E-state index contributed by atoms with van der Waals surface area (Å²) in [6, 6.07) is 9.00. The third kappa shape index (κ3) is 1.48. The second-order valence-electron chi connectivity index (χ2n) is 4.81. The lowest BCUT2D eigenvalue weighted by molar-refractivity contribution is 0.415. The first kappa shape index (κ1) is 11.8. The number of benzene rings is 1. The number of pyridine rings is 1. The molecule has 0 N–H and O–H groups in total. The molecule has 0 aliphatic rings. The van der Waals surface area contributed by atoms with Gasteiger partial charge in [-0.2, -0.15) is 0 Å². The molecule has 0 spiro atoms. The molecule has 3 aromatic heterocycles. The van der Waals surface area contributed by atoms with Crippen LogP contribution in [-0.4, -0.2) is 21.5 Å². The Bertz CT molecular complexity index is 1120. The normalized spacial score (nSPS) is 11.5. The number of nitrogens with zero attached hydrogens (tertiary/aromatic N) is 3. The van der Waals surface area contributed by atoms with Gasteiger partial charge in [-0.3, -0.25) is 9.20 Å². The van der Waals surface area contributed by atoms with Crippen LogP contribution in [0.25, 0.3) is 34.2 Å². The van der Waals surface area contributed by atoms with Crippen molar-refractivity contribution in [3.63, 3.8) is 0 Å². The van der Waals surface area contributed by atoms with Gasteiger partial charge in [0, 0.05) is 16.8 Å². The topological polar surface area (TPSA) is 56.5 Å². The van der Waals surface area contributed by atoms with Crippen LogP contribution in [0.3, 0.4) is 0 Å². The molecule has 5 heteroatoms. The van der Waals surface area contributed by atoms with E-state index >= 15 is 0 Å². The third-order valence-corrected chi connectivity index (χ3v) is 3.68. The van der Waals surface area contributed by atoms with Crippen molar-refractivity contribution in [1.82, 2.24) is 14.4 Å². The molecule has 4 rings (SSSR count). The lowest BCUT2D eigenvalue weighted by Crippen LogP contribution is -2.16. The molecule has 5 nitrogen and oxygen atoms in total. The summed E-state index contributed by atoms with van der Waals surface area (Å²) >= 11 is 0. The standard InChI is InChI=1S/C16H11N3O2/c1-9-12-8-10(21-2)5-6-13(12)19-15(9)18-14-11(16(19)20)4-3-7-17-14/h3-8H,1H2,2H3. The van der Waals surface area contributed by atoms with Crippen LogP contribution in [-0.2, 0) is 0 Å². The van der Waals surface area contributed by atoms with Gasteiger partial charge in [-0.05, 0) is 30.3 Å². The van der Waals surface area contributed by atoms with Gasteiger partial charge in [0.15, 0.2) is 5.65 Å². The summed E-state index contributed by atoms with van der Waals surface area (Å²) < 4.78 is 6.82. The van der Waals surface area contributed by atoms with E-state index < -0.39 is 0 Å². The smallest absolute Gasteiger partial charge is 0.267 e. The van der Waals surface area contributed by atoms with E-state index in [4.69, 9.17) is 4.74 Å². The van der Waals surface area contributed by atoms with Crippen molar-refractivity contribution < 1.29 is 4.74 Å². The van der Waals surface area contributed by atoms with E-state index in [0.717, 1.165) is 16.7 Å². The van der Waals surface area contributed by atoms with Crippen molar-refractivity contribution in [2.45, 2.75) is 0 Å². The molecule has 1 aromatic carbocycles. The summed E-state index contributed by atoms with van der Waals surface area (Å²) in [6.45, 7) is 4.05. The Morgan fingerprint density at radius 2 is 2.10 bits per heavy atom. The summed E-state index contributed by atoms with van der Waals surface area (Å²) in [4.78, 5) is 21.3. The zero-order chi connectivity index (χ0) is 14.6. The monoisotopic (exact) mass is 277 g/mol. The highest BCUT2D eigenvalue weighted by Gasteiger charge is 2.13.